The van der Waals surface area contributed by atoms with Crippen LogP contribution in [0.2, 0.25) is 0 Å². The van der Waals surface area contributed by atoms with E-state index in [1.54, 1.807) is 30.5 Å². The van der Waals surface area contributed by atoms with Crippen molar-refractivity contribution in [3.63, 3.8) is 0 Å². The first-order chi connectivity index (χ1) is 12.7. The van der Waals surface area contributed by atoms with Crippen molar-refractivity contribution >= 4 is 31.9 Å². The molecule has 1 fully saturated rings. The largest absolute Gasteiger partial charge is 0.340 e. The Morgan fingerprint density at radius 2 is 1.70 bits per heavy atom. The molecule has 1 saturated heterocycles. The van der Waals surface area contributed by atoms with Gasteiger partial charge in [0.25, 0.3) is 0 Å². The molecule has 0 aliphatic carbocycles. The first kappa shape index (κ1) is 20.0. The number of hydrogen-bond acceptors (Lipinski definition) is 4. The standard InChI is InChI=1S/C18H23BrN4O3S/c1-13-18(14(2)21(3)20-13)27(25,26)23-10-8-22(9-11-23)17(24)12-15-4-6-16(19)7-5-15/h4-7H,8-12H2,1-3H3. The molecule has 2 heterocycles. The van der Waals surface area contributed by atoms with E-state index in [9.17, 15) is 13.2 Å². The number of nitrogens with zero attached hydrogens (tertiary/aromatic N) is 4. The van der Waals surface area contributed by atoms with E-state index in [2.05, 4.69) is 21.0 Å². The van der Waals surface area contributed by atoms with Crippen LogP contribution in [0.5, 0.6) is 0 Å². The van der Waals surface area contributed by atoms with Gasteiger partial charge in [-0.3, -0.25) is 9.48 Å². The maximum atomic E-state index is 13.0. The predicted octanol–water partition coefficient (Wildman–Crippen LogP) is 1.88. The van der Waals surface area contributed by atoms with Crippen molar-refractivity contribution in [1.29, 1.82) is 0 Å². The van der Waals surface area contributed by atoms with E-state index < -0.39 is 10.0 Å². The number of aryl methyl sites for hydroxylation is 2. The first-order valence-electron chi connectivity index (χ1n) is 8.72. The summed E-state index contributed by atoms with van der Waals surface area (Å²) in [4.78, 5) is 14.5. The van der Waals surface area contributed by atoms with E-state index in [-0.39, 0.29) is 10.8 Å². The second-order valence-corrected chi connectivity index (χ2v) is 9.50. The minimum absolute atomic E-state index is 0.0168. The number of rotatable bonds is 4. The van der Waals surface area contributed by atoms with Crippen molar-refractivity contribution in [3.05, 3.63) is 45.7 Å². The van der Waals surface area contributed by atoms with Gasteiger partial charge in [-0.1, -0.05) is 28.1 Å². The second kappa shape index (κ2) is 7.73. The van der Waals surface area contributed by atoms with Gasteiger partial charge in [0.1, 0.15) is 4.90 Å². The summed E-state index contributed by atoms with van der Waals surface area (Å²) >= 11 is 3.38. The van der Waals surface area contributed by atoms with Crippen LogP contribution in [0.3, 0.4) is 0 Å². The molecule has 1 aliphatic heterocycles. The Morgan fingerprint density at radius 1 is 1.11 bits per heavy atom. The van der Waals surface area contributed by atoms with E-state index in [1.807, 2.05) is 24.3 Å². The lowest BCUT2D eigenvalue weighted by Gasteiger charge is -2.34. The molecule has 27 heavy (non-hydrogen) atoms. The Bertz CT molecular complexity index is 946. The Hall–Kier alpha value is -1.71. The minimum Gasteiger partial charge on any atom is -0.340 e. The smallest absolute Gasteiger partial charge is 0.246 e. The average molecular weight is 455 g/mol. The molecule has 0 atom stereocenters. The van der Waals surface area contributed by atoms with E-state index in [0.29, 0.717) is 44.0 Å². The van der Waals surface area contributed by atoms with E-state index >= 15 is 0 Å². The zero-order valence-electron chi connectivity index (χ0n) is 15.6. The molecular formula is C18H23BrN4O3S. The minimum atomic E-state index is -3.61. The molecule has 0 N–H and O–H groups in total. The quantitative estimate of drug-likeness (QED) is 0.706. The van der Waals surface area contributed by atoms with Gasteiger partial charge in [-0.2, -0.15) is 9.40 Å². The molecule has 0 radical (unpaired) electrons. The molecular weight excluding hydrogens is 432 g/mol. The van der Waals surface area contributed by atoms with Crippen LogP contribution in [0.15, 0.2) is 33.6 Å². The van der Waals surface area contributed by atoms with Crippen LogP contribution in [0.1, 0.15) is 17.0 Å². The van der Waals surface area contributed by atoms with Crippen LogP contribution in [0.25, 0.3) is 0 Å². The Labute approximate surface area is 168 Å². The van der Waals surface area contributed by atoms with E-state index in [0.717, 1.165) is 10.0 Å². The van der Waals surface area contributed by atoms with Crippen molar-refractivity contribution in [2.75, 3.05) is 26.2 Å². The fourth-order valence-electron chi connectivity index (χ4n) is 3.32. The molecule has 9 heteroatoms. The summed E-state index contributed by atoms with van der Waals surface area (Å²) < 4.78 is 30.0. The highest BCUT2D eigenvalue weighted by Gasteiger charge is 2.33. The topological polar surface area (TPSA) is 75.5 Å². The normalized spacial score (nSPS) is 15.9. The van der Waals surface area contributed by atoms with Gasteiger partial charge in [0.15, 0.2) is 0 Å². The molecule has 0 bridgehead atoms. The summed E-state index contributed by atoms with van der Waals surface area (Å²) in [5.74, 6) is 0.0168. The van der Waals surface area contributed by atoms with Crippen LogP contribution < -0.4 is 0 Å². The van der Waals surface area contributed by atoms with Gasteiger partial charge in [0.05, 0.1) is 17.8 Å². The summed E-state index contributed by atoms with van der Waals surface area (Å²) in [5.41, 5.74) is 2.07. The summed E-state index contributed by atoms with van der Waals surface area (Å²) in [5, 5.41) is 4.21. The molecule has 146 valence electrons. The van der Waals surface area contributed by atoms with Crippen LogP contribution in [-0.2, 0) is 28.3 Å². The molecule has 1 aromatic carbocycles. The maximum Gasteiger partial charge on any atom is 0.246 e. The lowest BCUT2D eigenvalue weighted by molar-refractivity contribution is -0.131. The highest BCUT2D eigenvalue weighted by molar-refractivity contribution is 9.10. The van der Waals surface area contributed by atoms with Gasteiger partial charge >= 0.3 is 0 Å². The highest BCUT2D eigenvalue weighted by atomic mass is 79.9. The fraction of sp³-hybridized carbons (Fsp3) is 0.444. The number of halogens is 1. The lowest BCUT2D eigenvalue weighted by atomic mass is 10.1. The number of amides is 1. The number of hydrogen-bond donors (Lipinski definition) is 0. The van der Waals surface area contributed by atoms with Gasteiger partial charge in [-0.15, -0.1) is 0 Å². The number of aromatic nitrogens is 2. The summed E-state index contributed by atoms with van der Waals surface area (Å²) in [6.07, 6.45) is 0.320. The van der Waals surface area contributed by atoms with Crippen LogP contribution in [0, 0.1) is 13.8 Å². The van der Waals surface area contributed by atoms with Crippen molar-refractivity contribution in [1.82, 2.24) is 19.0 Å². The molecule has 1 aromatic heterocycles. The van der Waals surface area contributed by atoms with Gasteiger partial charge < -0.3 is 4.90 Å². The third kappa shape index (κ3) is 4.09. The lowest BCUT2D eigenvalue weighted by Crippen LogP contribution is -2.51. The van der Waals surface area contributed by atoms with Crippen LogP contribution in [-0.4, -0.2) is 59.5 Å². The third-order valence-corrected chi connectivity index (χ3v) is 7.58. The van der Waals surface area contributed by atoms with E-state index in [1.165, 1.54) is 4.31 Å². The summed E-state index contributed by atoms with van der Waals surface area (Å²) in [7, 11) is -1.87. The van der Waals surface area contributed by atoms with Gasteiger partial charge in [0.2, 0.25) is 15.9 Å². The zero-order valence-corrected chi connectivity index (χ0v) is 18.0. The van der Waals surface area contributed by atoms with Gasteiger partial charge in [0, 0.05) is 37.7 Å². The van der Waals surface area contributed by atoms with E-state index in [4.69, 9.17) is 0 Å². The molecule has 0 saturated carbocycles. The number of sulfonamides is 1. The molecule has 1 amide bonds. The van der Waals surface area contributed by atoms with Crippen LogP contribution in [0.4, 0.5) is 0 Å². The van der Waals surface area contributed by atoms with Gasteiger partial charge in [-0.25, -0.2) is 8.42 Å². The Morgan fingerprint density at radius 3 is 2.22 bits per heavy atom. The number of carbonyl (C=O) groups is 1. The maximum absolute atomic E-state index is 13.0. The van der Waals surface area contributed by atoms with Crippen molar-refractivity contribution in [2.45, 2.75) is 25.2 Å². The number of carbonyl (C=O) groups excluding carboxylic acids is 1. The Kier molecular flexibility index (Phi) is 5.73. The van der Waals surface area contributed by atoms with Crippen molar-refractivity contribution in [3.8, 4) is 0 Å². The van der Waals surface area contributed by atoms with Crippen LogP contribution >= 0.6 is 15.9 Å². The molecule has 1 aliphatic rings. The first-order valence-corrected chi connectivity index (χ1v) is 11.0. The highest BCUT2D eigenvalue weighted by Crippen LogP contribution is 2.24. The SMILES string of the molecule is Cc1nn(C)c(C)c1S(=O)(=O)N1CCN(C(=O)Cc2ccc(Br)cc2)CC1. The average Bonchev–Trinajstić information content (AvgIpc) is 2.89. The number of piperazine rings is 1. The monoisotopic (exact) mass is 454 g/mol. The summed E-state index contributed by atoms with van der Waals surface area (Å²) in [6, 6.07) is 7.64. The molecule has 7 nitrogen and oxygen atoms in total. The molecule has 2 aromatic rings. The summed E-state index contributed by atoms with van der Waals surface area (Å²) in [6.45, 7) is 4.84. The van der Waals surface area contributed by atoms with Gasteiger partial charge in [-0.05, 0) is 31.5 Å². The molecule has 3 rings (SSSR count). The zero-order chi connectivity index (χ0) is 19.8. The Balaban J connectivity index is 1.66. The number of benzene rings is 1. The van der Waals surface area contributed by atoms with Crippen molar-refractivity contribution < 1.29 is 13.2 Å². The second-order valence-electron chi connectivity index (χ2n) is 6.71. The van der Waals surface area contributed by atoms with Crippen molar-refractivity contribution in [2.24, 2.45) is 7.05 Å². The third-order valence-electron chi connectivity index (χ3n) is 4.90. The fourth-order valence-corrected chi connectivity index (χ4v) is 5.41. The molecule has 0 spiro atoms. The molecule has 0 unspecified atom stereocenters. The predicted molar refractivity (Wildman–Crippen MR) is 106 cm³/mol.